The van der Waals surface area contributed by atoms with Gasteiger partial charge in [0.05, 0.1) is 11.8 Å². The number of benzene rings is 4. The Bertz CT molecular complexity index is 1440. The number of Topliss-reactive ketones (excluding diaryl/α,β-unsaturated/α-hetero) is 3. The minimum absolute atomic E-state index is 0.177. The second kappa shape index (κ2) is 11.3. The second-order valence-corrected chi connectivity index (χ2v) is 9.79. The van der Waals surface area contributed by atoms with E-state index in [0.29, 0.717) is 22.3 Å². The second-order valence-electron chi connectivity index (χ2n) is 9.79. The molecule has 0 heterocycles. The topological polar surface area (TPSA) is 80.7 Å². The lowest BCUT2D eigenvalue weighted by Gasteiger charge is -2.36. The number of hydrogen-bond acceptors (Lipinski definition) is 5. The van der Waals surface area contributed by atoms with Gasteiger partial charge in [-0.3, -0.25) is 14.4 Å². The van der Waals surface area contributed by atoms with Crippen molar-refractivity contribution in [2.45, 2.75) is 18.6 Å². The fourth-order valence-electron chi connectivity index (χ4n) is 5.93. The molecule has 1 aliphatic rings. The van der Waals surface area contributed by atoms with Gasteiger partial charge < -0.3 is 9.84 Å². The van der Waals surface area contributed by atoms with Crippen LogP contribution in [0.5, 0.6) is 0 Å². The van der Waals surface area contributed by atoms with Crippen LogP contribution in [0.1, 0.15) is 43.6 Å². The molecule has 4 aromatic rings. The molecule has 5 rings (SSSR count). The van der Waals surface area contributed by atoms with Crippen molar-refractivity contribution in [2.24, 2.45) is 17.8 Å². The number of carbonyl (C=O) groups is 3. The van der Waals surface area contributed by atoms with Gasteiger partial charge >= 0.3 is 0 Å². The maximum Gasteiger partial charge on any atom is 0.170 e. The minimum atomic E-state index is -1.95. The molecule has 1 fully saturated rings. The monoisotopic (exact) mass is 518 g/mol. The lowest BCUT2D eigenvalue weighted by molar-refractivity contribution is -0.115. The fourth-order valence-corrected chi connectivity index (χ4v) is 5.93. The van der Waals surface area contributed by atoms with E-state index in [-0.39, 0.29) is 18.2 Å². The van der Waals surface area contributed by atoms with Crippen LogP contribution in [0.3, 0.4) is 0 Å². The maximum absolute atomic E-state index is 14.4. The van der Waals surface area contributed by atoms with Crippen LogP contribution in [0.4, 0.5) is 0 Å². The first-order valence-corrected chi connectivity index (χ1v) is 13.2. The van der Waals surface area contributed by atoms with Crippen LogP contribution in [-0.4, -0.2) is 35.2 Å². The third-order valence-electron chi connectivity index (χ3n) is 7.63. The van der Waals surface area contributed by atoms with Gasteiger partial charge in [0.1, 0.15) is 11.7 Å². The molecule has 1 aliphatic carbocycles. The Kier molecular flexibility index (Phi) is 7.64. The standard InChI is InChI=1S/C34H30O5/c1-2-39-33-28(31(36)24-17-9-4-10-18-24)27(30(35)23-15-7-3-8-16-23)29(32(37)25-19-11-5-12-20-25)34(33,38)26-21-13-6-14-22-26/h3-22,27-29,33,38H,2H2,1H3/t27-,28+,29-,33-,34+/m1/s1. The van der Waals surface area contributed by atoms with E-state index in [1.807, 2.05) is 6.07 Å². The van der Waals surface area contributed by atoms with Crippen LogP contribution < -0.4 is 0 Å². The van der Waals surface area contributed by atoms with Gasteiger partial charge in [-0.05, 0) is 12.5 Å². The number of hydrogen-bond donors (Lipinski definition) is 1. The van der Waals surface area contributed by atoms with Gasteiger partial charge in [0.25, 0.3) is 0 Å². The molecular weight excluding hydrogens is 488 g/mol. The highest BCUT2D eigenvalue weighted by atomic mass is 16.5. The molecule has 39 heavy (non-hydrogen) atoms. The maximum atomic E-state index is 14.4. The molecule has 5 nitrogen and oxygen atoms in total. The van der Waals surface area contributed by atoms with Gasteiger partial charge in [0.2, 0.25) is 0 Å². The lowest BCUT2D eigenvalue weighted by atomic mass is 9.73. The summed E-state index contributed by atoms with van der Waals surface area (Å²) in [6.07, 6.45) is -1.15. The first kappa shape index (κ1) is 26.4. The highest BCUT2D eigenvalue weighted by molar-refractivity contribution is 6.10. The summed E-state index contributed by atoms with van der Waals surface area (Å²) in [6, 6.07) is 34.7. The largest absolute Gasteiger partial charge is 0.382 e. The fraction of sp³-hybridized carbons (Fsp3) is 0.206. The molecule has 0 amide bonds. The van der Waals surface area contributed by atoms with Crippen LogP contribution >= 0.6 is 0 Å². The van der Waals surface area contributed by atoms with Gasteiger partial charge in [-0.1, -0.05) is 121 Å². The third kappa shape index (κ3) is 4.76. The van der Waals surface area contributed by atoms with Crippen molar-refractivity contribution >= 4 is 17.3 Å². The summed E-state index contributed by atoms with van der Waals surface area (Å²) in [4.78, 5) is 42.9. The Labute approximate surface area is 228 Å². The van der Waals surface area contributed by atoms with Gasteiger partial charge in [-0.15, -0.1) is 0 Å². The van der Waals surface area contributed by atoms with Crippen molar-refractivity contribution in [3.05, 3.63) is 144 Å². The summed E-state index contributed by atoms with van der Waals surface area (Å²) in [7, 11) is 0. The van der Waals surface area contributed by atoms with Crippen LogP contribution in [-0.2, 0) is 10.3 Å². The predicted molar refractivity (Wildman–Crippen MR) is 149 cm³/mol. The number of ether oxygens (including phenoxy) is 1. The Morgan fingerprint density at radius 3 is 1.44 bits per heavy atom. The van der Waals surface area contributed by atoms with Gasteiger partial charge in [0, 0.05) is 29.2 Å². The van der Waals surface area contributed by atoms with Gasteiger partial charge in [0.15, 0.2) is 17.3 Å². The zero-order valence-corrected chi connectivity index (χ0v) is 21.6. The molecule has 5 atom stereocenters. The van der Waals surface area contributed by atoms with Crippen molar-refractivity contribution in [1.82, 2.24) is 0 Å². The number of aliphatic hydroxyl groups is 1. The van der Waals surface area contributed by atoms with Crippen molar-refractivity contribution in [1.29, 1.82) is 0 Å². The van der Waals surface area contributed by atoms with E-state index in [4.69, 9.17) is 4.74 Å². The van der Waals surface area contributed by atoms with Crippen LogP contribution in [0.25, 0.3) is 0 Å². The average molecular weight is 519 g/mol. The van der Waals surface area contributed by atoms with E-state index in [9.17, 15) is 19.5 Å². The molecule has 1 saturated carbocycles. The molecule has 0 bridgehead atoms. The molecule has 0 aliphatic heterocycles. The van der Waals surface area contributed by atoms with E-state index < -0.39 is 35.2 Å². The predicted octanol–water partition coefficient (Wildman–Crippen LogP) is 5.79. The van der Waals surface area contributed by atoms with Crippen molar-refractivity contribution in [3.63, 3.8) is 0 Å². The first-order valence-electron chi connectivity index (χ1n) is 13.2. The third-order valence-corrected chi connectivity index (χ3v) is 7.63. The SMILES string of the molecule is CCO[C@@H]1[C@H](C(=O)c2ccccc2)[C@@H](C(=O)c2ccccc2)[C@H](C(=O)c2ccccc2)[C@@]1(O)c1ccccc1. The average Bonchev–Trinajstić information content (AvgIpc) is 3.27. The summed E-state index contributed by atoms with van der Waals surface area (Å²) in [6.45, 7) is 1.95. The lowest BCUT2D eigenvalue weighted by Crippen LogP contribution is -2.47. The molecule has 0 saturated heterocycles. The Morgan fingerprint density at radius 2 is 1.00 bits per heavy atom. The highest BCUT2D eigenvalue weighted by Gasteiger charge is 2.67. The van der Waals surface area contributed by atoms with Gasteiger partial charge in [-0.2, -0.15) is 0 Å². The molecule has 0 unspecified atom stereocenters. The Hall–Kier alpha value is -4.19. The van der Waals surface area contributed by atoms with E-state index in [2.05, 4.69) is 0 Å². The Balaban J connectivity index is 1.79. The summed E-state index contributed by atoms with van der Waals surface area (Å²) in [5, 5.41) is 12.7. The number of carbonyl (C=O) groups excluding carboxylic acids is 3. The van der Waals surface area contributed by atoms with E-state index in [1.165, 1.54) is 0 Å². The van der Waals surface area contributed by atoms with Crippen molar-refractivity contribution < 1.29 is 24.2 Å². The van der Waals surface area contributed by atoms with Crippen LogP contribution in [0.2, 0.25) is 0 Å². The molecule has 5 heteroatoms. The zero-order valence-electron chi connectivity index (χ0n) is 21.6. The van der Waals surface area contributed by atoms with E-state index >= 15 is 0 Å². The van der Waals surface area contributed by atoms with Crippen molar-refractivity contribution in [3.8, 4) is 0 Å². The quantitative estimate of drug-likeness (QED) is 0.284. The summed E-state index contributed by atoms with van der Waals surface area (Å²) >= 11 is 0. The molecule has 0 radical (unpaired) electrons. The number of ketones is 3. The van der Waals surface area contributed by atoms with Crippen LogP contribution in [0.15, 0.2) is 121 Å². The van der Waals surface area contributed by atoms with Crippen molar-refractivity contribution in [2.75, 3.05) is 6.61 Å². The molecule has 4 aromatic carbocycles. The normalized spacial score (nSPS) is 24.3. The number of rotatable bonds is 9. The molecule has 196 valence electrons. The summed E-state index contributed by atoms with van der Waals surface area (Å²) in [5.74, 6) is -4.69. The van der Waals surface area contributed by atoms with E-state index in [0.717, 1.165) is 0 Å². The first-order chi connectivity index (χ1) is 19.0. The molecule has 1 N–H and O–H groups in total. The minimum Gasteiger partial charge on any atom is -0.382 e. The molecular formula is C34H30O5. The van der Waals surface area contributed by atoms with Crippen LogP contribution in [0, 0.1) is 17.8 Å². The Morgan fingerprint density at radius 1 is 0.615 bits per heavy atom. The smallest absolute Gasteiger partial charge is 0.170 e. The van der Waals surface area contributed by atoms with Gasteiger partial charge in [-0.25, -0.2) is 0 Å². The van der Waals surface area contributed by atoms with E-state index in [1.54, 1.807) is 122 Å². The molecule has 0 spiro atoms. The summed E-state index contributed by atoms with van der Waals surface area (Å²) in [5.41, 5.74) is -0.417. The zero-order chi connectivity index (χ0) is 27.4. The summed E-state index contributed by atoms with van der Waals surface area (Å²) < 4.78 is 6.19. The highest BCUT2D eigenvalue weighted by Crippen LogP contribution is 2.55. The molecule has 0 aromatic heterocycles.